The number of imidazole rings is 2. The van der Waals surface area contributed by atoms with Crippen molar-refractivity contribution in [1.29, 1.82) is 0 Å². The van der Waals surface area contributed by atoms with Gasteiger partial charge in [-0.3, -0.25) is 8.97 Å². The van der Waals surface area contributed by atoms with Crippen molar-refractivity contribution in [2.75, 3.05) is 0 Å². The zero-order valence-electron chi connectivity index (χ0n) is 24.8. The second-order valence-electron chi connectivity index (χ2n) is 12.1. The molecule has 0 spiro atoms. The number of rotatable bonds is 4. The van der Waals surface area contributed by atoms with E-state index in [9.17, 15) is 0 Å². The second-order valence-corrected chi connectivity index (χ2v) is 12.1. The Hall–Kier alpha value is -5.62. The van der Waals surface area contributed by atoms with E-state index in [4.69, 9.17) is 19.9 Å². The summed E-state index contributed by atoms with van der Waals surface area (Å²) in [5.41, 5.74) is 9.48. The van der Waals surface area contributed by atoms with E-state index < -0.39 is 0 Å². The van der Waals surface area contributed by atoms with Crippen LogP contribution in [0.3, 0.4) is 0 Å². The van der Waals surface area contributed by atoms with Crippen molar-refractivity contribution >= 4 is 27.8 Å². The molecule has 0 fully saturated rings. The molecule has 0 amide bonds. The lowest BCUT2D eigenvalue weighted by molar-refractivity contribution is 0.591. The molecule has 6 heteroatoms. The van der Waals surface area contributed by atoms with Gasteiger partial charge in [-0.2, -0.15) is 0 Å². The van der Waals surface area contributed by atoms with Crippen LogP contribution in [0, 0.1) is 0 Å². The van der Waals surface area contributed by atoms with Crippen LogP contribution in [-0.2, 0) is 5.41 Å². The van der Waals surface area contributed by atoms with Gasteiger partial charge >= 0.3 is 0 Å². The minimum absolute atomic E-state index is 0.0302. The van der Waals surface area contributed by atoms with Crippen molar-refractivity contribution in [2.24, 2.45) is 0 Å². The molecule has 0 saturated heterocycles. The molecule has 0 aliphatic rings. The smallest absolute Gasteiger partial charge is 0.220 e. The molecule has 5 aromatic carbocycles. The summed E-state index contributed by atoms with van der Waals surface area (Å²) in [4.78, 5) is 19.7. The molecule has 0 aliphatic heterocycles. The monoisotopic (exact) mass is 570 g/mol. The second kappa shape index (κ2) is 9.99. The summed E-state index contributed by atoms with van der Waals surface area (Å²) < 4.78 is 4.52. The predicted molar refractivity (Wildman–Crippen MR) is 178 cm³/mol. The predicted octanol–water partition coefficient (Wildman–Crippen LogP) is 8.91. The van der Waals surface area contributed by atoms with Crippen LogP contribution in [-0.4, -0.2) is 28.9 Å². The maximum Gasteiger partial charge on any atom is 0.220 e. The molecular weight excluding hydrogens is 540 g/mol. The van der Waals surface area contributed by atoms with Gasteiger partial charge in [-0.25, -0.2) is 19.9 Å². The van der Waals surface area contributed by atoms with E-state index in [0.717, 1.165) is 50.2 Å². The first-order valence-corrected chi connectivity index (χ1v) is 14.8. The Bertz CT molecular complexity index is 2230. The molecule has 0 saturated carbocycles. The summed E-state index contributed by atoms with van der Waals surface area (Å²) in [7, 11) is 0. The Morgan fingerprint density at radius 2 is 1.02 bits per heavy atom. The quantitative estimate of drug-likeness (QED) is 0.212. The maximum absolute atomic E-state index is 5.08. The number of hydrogen-bond acceptors (Lipinski definition) is 4. The Morgan fingerprint density at radius 1 is 0.477 bits per heavy atom. The Morgan fingerprint density at radius 3 is 1.61 bits per heavy atom. The molecule has 0 radical (unpaired) electrons. The lowest BCUT2D eigenvalue weighted by Gasteiger charge is -2.19. The largest absolute Gasteiger partial charge is 0.278 e. The van der Waals surface area contributed by atoms with Crippen molar-refractivity contribution in [3.8, 4) is 39.9 Å². The fourth-order valence-corrected chi connectivity index (χ4v) is 5.82. The molecule has 44 heavy (non-hydrogen) atoms. The highest BCUT2D eigenvalue weighted by atomic mass is 15.2. The minimum Gasteiger partial charge on any atom is -0.278 e. The van der Waals surface area contributed by atoms with Crippen molar-refractivity contribution in [3.05, 3.63) is 133 Å². The van der Waals surface area contributed by atoms with E-state index >= 15 is 0 Å². The number of aromatic nitrogens is 6. The Balaban J connectivity index is 1.29. The molecule has 0 atom stereocenters. The van der Waals surface area contributed by atoms with Gasteiger partial charge in [-0.1, -0.05) is 99.6 Å². The van der Waals surface area contributed by atoms with E-state index in [1.165, 1.54) is 5.56 Å². The third-order valence-electron chi connectivity index (χ3n) is 8.15. The summed E-state index contributed by atoms with van der Waals surface area (Å²) in [6, 6.07) is 43.6. The van der Waals surface area contributed by atoms with Crippen LogP contribution in [0.1, 0.15) is 26.3 Å². The third-order valence-corrected chi connectivity index (χ3v) is 8.15. The minimum atomic E-state index is 0.0302. The number of nitrogens with zero attached hydrogens (tertiary/aromatic N) is 6. The molecule has 3 aromatic heterocycles. The number of para-hydroxylation sites is 2. The topological polar surface area (TPSA) is 60.9 Å². The summed E-state index contributed by atoms with van der Waals surface area (Å²) >= 11 is 0. The van der Waals surface area contributed by atoms with Gasteiger partial charge in [0.1, 0.15) is 0 Å². The lowest BCUT2D eigenvalue weighted by atomic mass is 9.87. The lowest BCUT2D eigenvalue weighted by Crippen LogP contribution is -2.10. The number of hydrogen-bond donors (Lipinski definition) is 0. The van der Waals surface area contributed by atoms with Gasteiger partial charge in [-0.15, -0.1) is 0 Å². The van der Waals surface area contributed by atoms with E-state index in [2.05, 4.69) is 90.4 Å². The summed E-state index contributed by atoms with van der Waals surface area (Å²) in [6.07, 6.45) is 0. The molecule has 8 aromatic rings. The van der Waals surface area contributed by atoms with Crippen molar-refractivity contribution in [2.45, 2.75) is 26.2 Å². The number of benzene rings is 5. The average molecular weight is 571 g/mol. The molecule has 0 bridgehead atoms. The zero-order valence-corrected chi connectivity index (χ0v) is 24.8. The van der Waals surface area contributed by atoms with Crippen molar-refractivity contribution in [3.63, 3.8) is 0 Å². The van der Waals surface area contributed by atoms with E-state index in [1.807, 2.05) is 66.7 Å². The first-order chi connectivity index (χ1) is 21.4. The van der Waals surface area contributed by atoms with Crippen LogP contribution in [0.2, 0.25) is 0 Å². The van der Waals surface area contributed by atoms with E-state index in [0.29, 0.717) is 17.5 Å². The molecule has 6 nitrogen and oxygen atoms in total. The van der Waals surface area contributed by atoms with Crippen LogP contribution in [0.5, 0.6) is 0 Å². The normalized spacial score (nSPS) is 12.0. The first kappa shape index (κ1) is 26.0. The average Bonchev–Trinajstić information content (AvgIpc) is 3.59. The fourth-order valence-electron chi connectivity index (χ4n) is 5.82. The van der Waals surface area contributed by atoms with E-state index in [1.54, 1.807) is 0 Å². The molecule has 0 aliphatic carbocycles. The molecule has 0 N–H and O–H groups in total. The standard InChI is InChI=1S/C38H30N6/c1-38(2,3)28-20-23-32-33(24-28)44-31-17-11-10-16-30(31)39-37(44)43(32)29-21-18-27(19-22-29)36-41-34(25-12-6-4-7-13-25)40-35(42-36)26-14-8-5-9-15-26/h4-24H,1-3H3. The van der Waals surface area contributed by atoms with Gasteiger partial charge in [-0.05, 0) is 59.5 Å². The van der Waals surface area contributed by atoms with Crippen LogP contribution in [0.25, 0.3) is 67.7 Å². The van der Waals surface area contributed by atoms with Crippen LogP contribution in [0.4, 0.5) is 0 Å². The fraction of sp³-hybridized carbons (Fsp3) is 0.105. The molecular formula is C38H30N6. The summed E-state index contributed by atoms with van der Waals surface area (Å²) in [5, 5.41) is 0. The number of fused-ring (bicyclic) bond motifs is 5. The SMILES string of the molecule is CC(C)(C)c1ccc2c(c1)n1c3ccccc3nc1n2-c1ccc(-c2nc(-c3ccccc3)nc(-c3ccccc3)n2)cc1. The summed E-state index contributed by atoms with van der Waals surface area (Å²) in [6.45, 7) is 6.75. The van der Waals surface area contributed by atoms with Crippen LogP contribution >= 0.6 is 0 Å². The van der Waals surface area contributed by atoms with Gasteiger partial charge < -0.3 is 0 Å². The van der Waals surface area contributed by atoms with E-state index in [-0.39, 0.29) is 5.41 Å². The third kappa shape index (κ3) is 4.34. The highest BCUT2D eigenvalue weighted by Gasteiger charge is 2.21. The van der Waals surface area contributed by atoms with Crippen molar-refractivity contribution < 1.29 is 0 Å². The molecule has 212 valence electrons. The summed E-state index contributed by atoms with van der Waals surface area (Å²) in [5.74, 6) is 2.82. The van der Waals surface area contributed by atoms with Crippen LogP contribution < -0.4 is 0 Å². The molecule has 3 heterocycles. The van der Waals surface area contributed by atoms with Gasteiger partial charge in [0, 0.05) is 22.4 Å². The van der Waals surface area contributed by atoms with Gasteiger partial charge in [0.05, 0.1) is 22.1 Å². The van der Waals surface area contributed by atoms with Gasteiger partial charge in [0.25, 0.3) is 0 Å². The Labute approximate surface area is 255 Å². The van der Waals surface area contributed by atoms with Gasteiger partial charge in [0.15, 0.2) is 17.5 Å². The highest BCUT2D eigenvalue weighted by Crippen LogP contribution is 2.33. The van der Waals surface area contributed by atoms with Crippen LogP contribution in [0.15, 0.2) is 127 Å². The first-order valence-electron chi connectivity index (χ1n) is 14.8. The molecule has 0 unspecified atom stereocenters. The van der Waals surface area contributed by atoms with Crippen molar-refractivity contribution in [1.82, 2.24) is 28.9 Å². The maximum atomic E-state index is 5.08. The molecule has 8 rings (SSSR count). The zero-order chi connectivity index (χ0) is 29.8. The van der Waals surface area contributed by atoms with Gasteiger partial charge in [0.2, 0.25) is 5.78 Å². The highest BCUT2D eigenvalue weighted by molar-refractivity contribution is 5.92. The Kier molecular flexibility index (Phi) is 5.91.